The van der Waals surface area contributed by atoms with E-state index in [1.807, 2.05) is 42.6 Å². The number of amides is 1. The number of aryl methyl sites for hydroxylation is 1. The molecule has 4 heterocycles. The highest BCUT2D eigenvalue weighted by atomic mass is 19.1. The van der Waals surface area contributed by atoms with Crippen LogP contribution >= 0.6 is 0 Å². The van der Waals surface area contributed by atoms with Crippen LogP contribution in [0.25, 0.3) is 33.1 Å². The van der Waals surface area contributed by atoms with E-state index in [2.05, 4.69) is 58.7 Å². The number of alkyl halides is 1. The monoisotopic (exact) mass is 617 g/mol. The van der Waals surface area contributed by atoms with Gasteiger partial charge in [0.1, 0.15) is 5.65 Å². The molecule has 1 N–H and O–H groups in total. The Hall–Kier alpha value is -4.10. The normalized spacial score (nSPS) is 19.9. The highest BCUT2D eigenvalue weighted by molar-refractivity contribution is 5.94. The average molecular weight is 618 g/mol. The van der Waals surface area contributed by atoms with Crippen LogP contribution in [0.1, 0.15) is 69.9 Å². The van der Waals surface area contributed by atoms with E-state index < -0.39 is 6.30 Å². The number of carbonyl (C=O) groups is 1. The average Bonchev–Trinajstić information content (AvgIpc) is 3.75. The molecule has 238 valence electrons. The van der Waals surface area contributed by atoms with Gasteiger partial charge in [-0.3, -0.25) is 15.2 Å². The van der Waals surface area contributed by atoms with Crippen molar-refractivity contribution >= 4 is 27.8 Å². The van der Waals surface area contributed by atoms with Gasteiger partial charge in [-0.1, -0.05) is 73.9 Å². The Labute approximate surface area is 271 Å². The van der Waals surface area contributed by atoms with E-state index in [1.54, 1.807) is 5.01 Å². The van der Waals surface area contributed by atoms with Crippen LogP contribution in [-0.2, 0) is 17.8 Å². The molecule has 1 saturated carbocycles. The number of halogens is 1. The molecule has 2 aliphatic rings. The second-order valence-electron chi connectivity index (χ2n) is 13.2. The minimum absolute atomic E-state index is 0.00707. The van der Waals surface area contributed by atoms with Crippen molar-refractivity contribution in [2.45, 2.75) is 89.5 Å². The molecule has 0 radical (unpaired) electrons. The van der Waals surface area contributed by atoms with E-state index in [4.69, 9.17) is 9.97 Å². The van der Waals surface area contributed by atoms with Gasteiger partial charge >= 0.3 is 0 Å². The fourth-order valence-corrected chi connectivity index (χ4v) is 7.79. The zero-order valence-electron chi connectivity index (χ0n) is 26.5. The molecule has 1 aliphatic carbocycles. The Kier molecular flexibility index (Phi) is 9.38. The van der Waals surface area contributed by atoms with Crippen LogP contribution in [0, 0.1) is 11.8 Å². The van der Waals surface area contributed by atoms with Gasteiger partial charge in [-0.15, -0.1) is 0 Å². The number of nitrogens with one attached hydrogen (secondary N) is 1. The summed E-state index contributed by atoms with van der Waals surface area (Å²) >= 11 is 0. The molecule has 1 amide bonds. The van der Waals surface area contributed by atoms with Crippen molar-refractivity contribution in [1.29, 1.82) is 0 Å². The van der Waals surface area contributed by atoms with Gasteiger partial charge in [0.25, 0.3) is 0 Å². The van der Waals surface area contributed by atoms with Gasteiger partial charge in [0, 0.05) is 59.3 Å². The molecule has 1 aliphatic heterocycles. The zero-order chi connectivity index (χ0) is 31.3. The highest BCUT2D eigenvalue weighted by Crippen LogP contribution is 2.35. The molecule has 46 heavy (non-hydrogen) atoms. The molecule has 3 aromatic heterocycles. The van der Waals surface area contributed by atoms with Gasteiger partial charge in [0.15, 0.2) is 6.30 Å². The van der Waals surface area contributed by atoms with Crippen molar-refractivity contribution in [3.05, 3.63) is 97.0 Å². The lowest BCUT2D eigenvalue weighted by atomic mass is 9.86. The first-order valence-electron chi connectivity index (χ1n) is 17.2. The summed E-state index contributed by atoms with van der Waals surface area (Å²) in [5.41, 5.74) is 8.40. The Morgan fingerprint density at radius 2 is 1.72 bits per heavy atom. The van der Waals surface area contributed by atoms with Gasteiger partial charge in [-0.05, 0) is 80.7 Å². The van der Waals surface area contributed by atoms with Crippen LogP contribution in [0.5, 0.6) is 0 Å². The number of fused-ring (bicyclic) bond motifs is 2. The molecule has 7 heteroatoms. The summed E-state index contributed by atoms with van der Waals surface area (Å²) in [6.45, 7) is 0.846. The Morgan fingerprint density at radius 3 is 2.59 bits per heavy atom. The first-order chi connectivity index (χ1) is 22.6. The quantitative estimate of drug-likeness (QED) is 0.119. The lowest BCUT2D eigenvalue weighted by molar-refractivity contribution is -0.140. The zero-order valence-corrected chi connectivity index (χ0v) is 26.5. The van der Waals surface area contributed by atoms with Crippen molar-refractivity contribution in [1.82, 2.24) is 25.0 Å². The summed E-state index contributed by atoms with van der Waals surface area (Å²) < 4.78 is 17.7. The van der Waals surface area contributed by atoms with Gasteiger partial charge in [-0.2, -0.15) is 5.01 Å². The van der Waals surface area contributed by atoms with E-state index in [9.17, 15) is 4.79 Å². The minimum Gasteiger partial charge on any atom is -0.332 e. The van der Waals surface area contributed by atoms with E-state index in [1.165, 1.54) is 24.0 Å². The lowest BCUT2D eigenvalue weighted by Crippen LogP contribution is -2.57. The Bertz CT molecular complexity index is 1760. The maximum atomic E-state index is 15.5. The van der Waals surface area contributed by atoms with Crippen molar-refractivity contribution in [3.8, 4) is 11.1 Å². The van der Waals surface area contributed by atoms with Gasteiger partial charge in [-0.25, -0.2) is 9.37 Å². The molecule has 6 nitrogen and oxygen atoms in total. The summed E-state index contributed by atoms with van der Waals surface area (Å²) in [4.78, 5) is 23.5. The van der Waals surface area contributed by atoms with Crippen LogP contribution in [-0.4, -0.2) is 37.8 Å². The highest BCUT2D eigenvalue weighted by Gasteiger charge is 2.36. The molecule has 0 bridgehead atoms. The molecular weight excluding hydrogens is 573 g/mol. The number of aromatic nitrogens is 3. The van der Waals surface area contributed by atoms with E-state index in [-0.39, 0.29) is 17.9 Å². The number of rotatable bonds is 11. The second-order valence-corrected chi connectivity index (χ2v) is 13.2. The number of pyridine rings is 2. The SMILES string of the molecule is O=C(NN1C(F)CCCC1Cc1ccc2ccccc2n1)C(CCCCn1cc(-c2ccccc2)c2cccnc21)C1CCCC1. The number of hydrazine groups is 1. The molecule has 1 saturated heterocycles. The predicted octanol–water partition coefficient (Wildman–Crippen LogP) is 8.65. The maximum absolute atomic E-state index is 15.5. The smallest absolute Gasteiger partial charge is 0.237 e. The standard InChI is InChI=1S/C39H44FN5O/c40-37-21-10-17-32(26-31-23-22-30-16-6-7-20-36(30)42-31)45(37)43-39(46)33(28-14-4-5-15-28)18-8-9-25-44-27-35(29-12-2-1-3-13-29)34-19-11-24-41-38(34)44/h1-3,6-7,11-13,16,19-20,22-24,27-28,32-33,37H,4-5,8-10,14-15,17-18,21,25-26H2,(H,43,46). The molecule has 2 aromatic carbocycles. The number of para-hydroxylation sites is 1. The molecule has 5 aromatic rings. The Morgan fingerprint density at radius 1 is 0.891 bits per heavy atom. The van der Waals surface area contributed by atoms with E-state index in [0.717, 1.165) is 79.1 Å². The van der Waals surface area contributed by atoms with Crippen LogP contribution in [0.3, 0.4) is 0 Å². The summed E-state index contributed by atoms with van der Waals surface area (Å²) in [7, 11) is 0. The summed E-state index contributed by atoms with van der Waals surface area (Å²) in [6, 6.07) is 26.7. The number of benzene rings is 2. The van der Waals surface area contributed by atoms with Crippen LogP contribution in [0.4, 0.5) is 4.39 Å². The largest absolute Gasteiger partial charge is 0.332 e. The second kappa shape index (κ2) is 14.1. The summed E-state index contributed by atoms with van der Waals surface area (Å²) in [5.74, 6) is 0.255. The van der Waals surface area contributed by atoms with Crippen molar-refractivity contribution < 1.29 is 9.18 Å². The van der Waals surface area contributed by atoms with Gasteiger partial charge in [0.05, 0.1) is 5.52 Å². The van der Waals surface area contributed by atoms with E-state index >= 15 is 4.39 Å². The molecular formula is C39H44FN5O. The van der Waals surface area contributed by atoms with E-state index in [0.29, 0.717) is 18.8 Å². The molecule has 7 rings (SSSR count). The van der Waals surface area contributed by atoms with Crippen LogP contribution in [0.15, 0.2) is 91.3 Å². The van der Waals surface area contributed by atoms with Crippen molar-refractivity contribution in [3.63, 3.8) is 0 Å². The molecule has 3 atom stereocenters. The number of unbranched alkanes of at least 4 members (excludes halogenated alkanes) is 1. The molecule has 0 spiro atoms. The van der Waals surface area contributed by atoms with Crippen LogP contribution < -0.4 is 5.43 Å². The third-order valence-electron chi connectivity index (χ3n) is 10.2. The number of nitrogens with zero attached hydrogens (tertiary/aromatic N) is 4. The third kappa shape index (κ3) is 6.70. The summed E-state index contributed by atoms with van der Waals surface area (Å²) in [5, 5.41) is 3.89. The number of hydrogen-bond donors (Lipinski definition) is 1. The topological polar surface area (TPSA) is 63.1 Å². The number of carbonyl (C=O) groups excluding carboxylic acids is 1. The summed E-state index contributed by atoms with van der Waals surface area (Å²) in [6.07, 6.45) is 12.8. The fraction of sp³-hybridized carbons (Fsp3) is 0.410. The van der Waals surface area contributed by atoms with Crippen molar-refractivity contribution in [2.24, 2.45) is 11.8 Å². The third-order valence-corrected chi connectivity index (χ3v) is 10.2. The first kappa shape index (κ1) is 30.5. The Balaban J connectivity index is 1.02. The maximum Gasteiger partial charge on any atom is 0.237 e. The van der Waals surface area contributed by atoms with Gasteiger partial charge in [0.2, 0.25) is 5.91 Å². The number of piperidine rings is 1. The first-order valence-corrected chi connectivity index (χ1v) is 17.2. The molecule has 3 unspecified atom stereocenters. The minimum atomic E-state index is -1.18. The number of hydrogen-bond acceptors (Lipinski definition) is 4. The van der Waals surface area contributed by atoms with Crippen molar-refractivity contribution in [2.75, 3.05) is 0 Å². The molecule has 2 fully saturated rings. The lowest BCUT2D eigenvalue weighted by Gasteiger charge is -2.39. The fourth-order valence-electron chi connectivity index (χ4n) is 7.79. The van der Waals surface area contributed by atoms with Gasteiger partial charge < -0.3 is 4.57 Å². The van der Waals surface area contributed by atoms with Crippen LogP contribution in [0.2, 0.25) is 0 Å². The predicted molar refractivity (Wildman–Crippen MR) is 182 cm³/mol.